The van der Waals surface area contributed by atoms with E-state index >= 15 is 0 Å². The molecule has 1 N–H and O–H groups in total. The highest BCUT2D eigenvalue weighted by Gasteiger charge is 2.34. The average molecular weight is 313 g/mol. The summed E-state index contributed by atoms with van der Waals surface area (Å²) < 4.78 is 1.72. The molecular formula is C16H19N5O2. The Hall–Kier alpha value is -2.70. The van der Waals surface area contributed by atoms with Gasteiger partial charge in [0, 0.05) is 31.7 Å². The first kappa shape index (κ1) is 15.2. The van der Waals surface area contributed by atoms with Crippen molar-refractivity contribution >= 4 is 17.5 Å². The van der Waals surface area contributed by atoms with E-state index in [0.29, 0.717) is 19.6 Å². The molecule has 0 aliphatic carbocycles. The molecule has 2 heterocycles. The van der Waals surface area contributed by atoms with Crippen LogP contribution in [0, 0.1) is 5.92 Å². The molecule has 0 radical (unpaired) electrons. The van der Waals surface area contributed by atoms with Crippen molar-refractivity contribution in [1.82, 2.24) is 20.1 Å². The lowest BCUT2D eigenvalue weighted by molar-refractivity contribution is -0.126. The molecule has 2 amide bonds. The predicted octanol–water partition coefficient (Wildman–Crippen LogP) is 0.837. The number of para-hydroxylation sites is 1. The highest BCUT2D eigenvalue weighted by molar-refractivity contribution is 6.00. The molecule has 1 fully saturated rings. The summed E-state index contributed by atoms with van der Waals surface area (Å²) in [4.78, 5) is 29.9. The number of aryl methyl sites for hydroxylation is 1. The predicted molar refractivity (Wildman–Crippen MR) is 84.6 cm³/mol. The minimum absolute atomic E-state index is 0.000958. The monoisotopic (exact) mass is 313 g/mol. The molecule has 0 spiro atoms. The first-order chi connectivity index (χ1) is 11.2. The number of anilines is 1. The quantitative estimate of drug-likeness (QED) is 0.801. The second kappa shape index (κ2) is 7.04. The number of nitrogens with zero attached hydrogens (tertiary/aromatic N) is 4. The molecule has 0 bridgehead atoms. The van der Waals surface area contributed by atoms with Crippen LogP contribution in [0.5, 0.6) is 0 Å². The Morgan fingerprint density at radius 3 is 2.87 bits per heavy atom. The summed E-state index contributed by atoms with van der Waals surface area (Å²) in [6.45, 7) is 1.71. The summed E-state index contributed by atoms with van der Waals surface area (Å²) in [5.41, 5.74) is 0.846. The van der Waals surface area contributed by atoms with Crippen LogP contribution in [-0.4, -0.2) is 39.7 Å². The van der Waals surface area contributed by atoms with Gasteiger partial charge in [0.1, 0.15) is 12.7 Å². The molecule has 120 valence electrons. The Morgan fingerprint density at radius 1 is 1.30 bits per heavy atom. The van der Waals surface area contributed by atoms with E-state index in [4.69, 9.17) is 0 Å². The third kappa shape index (κ3) is 3.74. The molecule has 1 saturated heterocycles. The maximum Gasteiger partial charge on any atom is 0.227 e. The number of carbonyl (C=O) groups is 2. The van der Waals surface area contributed by atoms with Gasteiger partial charge in [-0.3, -0.25) is 14.3 Å². The summed E-state index contributed by atoms with van der Waals surface area (Å²) in [6, 6.07) is 9.45. The van der Waals surface area contributed by atoms with E-state index in [1.165, 1.54) is 6.33 Å². The normalized spacial score (nSPS) is 17.5. The van der Waals surface area contributed by atoms with Crippen molar-refractivity contribution in [1.29, 1.82) is 0 Å². The van der Waals surface area contributed by atoms with Gasteiger partial charge < -0.3 is 10.2 Å². The van der Waals surface area contributed by atoms with Crippen molar-refractivity contribution in [3.8, 4) is 0 Å². The fraction of sp³-hybridized carbons (Fsp3) is 0.375. The smallest absolute Gasteiger partial charge is 0.227 e. The highest BCUT2D eigenvalue weighted by Crippen LogP contribution is 2.24. The highest BCUT2D eigenvalue weighted by atomic mass is 16.2. The molecule has 1 aromatic heterocycles. The van der Waals surface area contributed by atoms with Gasteiger partial charge in [-0.05, 0) is 18.6 Å². The summed E-state index contributed by atoms with van der Waals surface area (Å²) in [5, 5.41) is 6.91. The lowest BCUT2D eigenvalue weighted by Gasteiger charge is -2.16. The van der Waals surface area contributed by atoms with Gasteiger partial charge in [-0.1, -0.05) is 18.2 Å². The lowest BCUT2D eigenvalue weighted by atomic mass is 10.1. The summed E-state index contributed by atoms with van der Waals surface area (Å²) >= 11 is 0. The molecular weight excluding hydrogens is 294 g/mol. The summed E-state index contributed by atoms with van der Waals surface area (Å²) in [6.07, 6.45) is 4.18. The van der Waals surface area contributed by atoms with Crippen molar-refractivity contribution in [3.63, 3.8) is 0 Å². The Balaban J connectivity index is 1.46. The molecule has 1 aliphatic heterocycles. The zero-order valence-electron chi connectivity index (χ0n) is 12.8. The van der Waals surface area contributed by atoms with E-state index in [1.807, 2.05) is 30.3 Å². The Kier molecular flexibility index (Phi) is 4.65. The first-order valence-electron chi connectivity index (χ1n) is 7.69. The van der Waals surface area contributed by atoms with Crippen LogP contribution >= 0.6 is 0 Å². The molecule has 2 aromatic rings. The number of amides is 2. The van der Waals surface area contributed by atoms with Gasteiger partial charge in [-0.25, -0.2) is 4.98 Å². The van der Waals surface area contributed by atoms with E-state index in [1.54, 1.807) is 15.9 Å². The second-order valence-corrected chi connectivity index (χ2v) is 5.54. The third-order valence-corrected chi connectivity index (χ3v) is 3.89. The van der Waals surface area contributed by atoms with Crippen molar-refractivity contribution in [2.24, 2.45) is 5.92 Å². The van der Waals surface area contributed by atoms with Crippen LogP contribution in [0.15, 0.2) is 43.0 Å². The summed E-state index contributed by atoms with van der Waals surface area (Å²) in [7, 11) is 0. The van der Waals surface area contributed by atoms with E-state index in [2.05, 4.69) is 15.4 Å². The molecule has 7 nitrogen and oxygen atoms in total. The zero-order valence-corrected chi connectivity index (χ0v) is 12.8. The van der Waals surface area contributed by atoms with Gasteiger partial charge in [-0.2, -0.15) is 5.10 Å². The maximum atomic E-state index is 12.2. The van der Waals surface area contributed by atoms with Gasteiger partial charge in [0.05, 0.1) is 5.92 Å². The van der Waals surface area contributed by atoms with Crippen LogP contribution in [0.2, 0.25) is 0 Å². The van der Waals surface area contributed by atoms with Crippen LogP contribution < -0.4 is 10.2 Å². The van der Waals surface area contributed by atoms with Crippen molar-refractivity contribution < 1.29 is 9.59 Å². The largest absolute Gasteiger partial charge is 0.356 e. The molecule has 1 aliphatic rings. The van der Waals surface area contributed by atoms with Crippen LogP contribution in [-0.2, 0) is 16.1 Å². The number of benzene rings is 1. The number of nitrogens with one attached hydrogen (secondary N) is 1. The van der Waals surface area contributed by atoms with E-state index in [0.717, 1.165) is 12.1 Å². The Bertz CT molecular complexity index is 656. The average Bonchev–Trinajstić information content (AvgIpc) is 3.22. The number of carbonyl (C=O) groups excluding carboxylic acids is 2. The van der Waals surface area contributed by atoms with Gasteiger partial charge in [-0.15, -0.1) is 0 Å². The number of rotatable bonds is 6. The SMILES string of the molecule is O=C(NCCCn1cncn1)[C@H]1CC(=O)N(c2ccccc2)C1. The van der Waals surface area contributed by atoms with Gasteiger partial charge in [0.15, 0.2) is 0 Å². The number of aromatic nitrogens is 3. The fourth-order valence-corrected chi connectivity index (χ4v) is 2.69. The molecule has 7 heteroatoms. The van der Waals surface area contributed by atoms with E-state index < -0.39 is 0 Å². The maximum absolute atomic E-state index is 12.2. The summed E-state index contributed by atoms with van der Waals surface area (Å²) in [5.74, 6) is -0.344. The zero-order chi connectivity index (χ0) is 16.1. The number of hydrogen-bond donors (Lipinski definition) is 1. The van der Waals surface area contributed by atoms with Crippen LogP contribution in [0.1, 0.15) is 12.8 Å². The standard InChI is InChI=1S/C16H19N5O2/c22-15-9-13(10-21(15)14-5-2-1-3-6-14)16(23)18-7-4-8-20-12-17-11-19-20/h1-3,5-6,11-13H,4,7-10H2,(H,18,23)/t13-/m0/s1. The van der Waals surface area contributed by atoms with Crippen LogP contribution in [0.25, 0.3) is 0 Å². The van der Waals surface area contributed by atoms with Crippen molar-refractivity contribution in [2.45, 2.75) is 19.4 Å². The fourth-order valence-electron chi connectivity index (χ4n) is 2.69. The molecule has 0 unspecified atom stereocenters. The van der Waals surface area contributed by atoms with E-state index in [9.17, 15) is 9.59 Å². The number of hydrogen-bond acceptors (Lipinski definition) is 4. The Labute approximate surface area is 134 Å². The first-order valence-corrected chi connectivity index (χ1v) is 7.69. The topological polar surface area (TPSA) is 80.1 Å². The second-order valence-electron chi connectivity index (χ2n) is 5.54. The minimum Gasteiger partial charge on any atom is -0.356 e. The third-order valence-electron chi connectivity index (χ3n) is 3.89. The minimum atomic E-state index is -0.283. The Morgan fingerprint density at radius 2 is 2.13 bits per heavy atom. The van der Waals surface area contributed by atoms with Crippen molar-refractivity contribution in [2.75, 3.05) is 18.0 Å². The molecule has 0 saturated carbocycles. The van der Waals surface area contributed by atoms with E-state index in [-0.39, 0.29) is 24.2 Å². The van der Waals surface area contributed by atoms with Gasteiger partial charge in [0.25, 0.3) is 0 Å². The van der Waals surface area contributed by atoms with Gasteiger partial charge in [0.2, 0.25) is 11.8 Å². The molecule has 23 heavy (non-hydrogen) atoms. The van der Waals surface area contributed by atoms with Crippen LogP contribution in [0.3, 0.4) is 0 Å². The van der Waals surface area contributed by atoms with Crippen LogP contribution in [0.4, 0.5) is 5.69 Å². The van der Waals surface area contributed by atoms with Gasteiger partial charge >= 0.3 is 0 Å². The lowest BCUT2D eigenvalue weighted by Crippen LogP contribution is -2.33. The molecule has 1 aromatic carbocycles. The van der Waals surface area contributed by atoms with Crippen molar-refractivity contribution in [3.05, 3.63) is 43.0 Å². The molecule has 3 rings (SSSR count). The molecule has 1 atom stereocenters.